The first-order chi connectivity index (χ1) is 7.29. The minimum atomic E-state index is 0.810. The summed E-state index contributed by atoms with van der Waals surface area (Å²) in [6, 6.07) is 8.01. The summed E-state index contributed by atoms with van der Waals surface area (Å²) in [6.07, 6.45) is 3.58. The van der Waals surface area contributed by atoms with Gasteiger partial charge in [0, 0.05) is 6.54 Å². The number of rotatable bonds is 3. The molecule has 0 unspecified atom stereocenters. The quantitative estimate of drug-likeness (QED) is 0.854. The molecule has 0 radical (unpaired) electrons. The van der Waals surface area contributed by atoms with E-state index < -0.39 is 0 Å². The van der Waals surface area contributed by atoms with Crippen LogP contribution in [0.1, 0.15) is 5.56 Å². The van der Waals surface area contributed by atoms with E-state index >= 15 is 0 Å². The molecule has 0 amide bonds. The van der Waals surface area contributed by atoms with E-state index in [0.717, 1.165) is 16.9 Å². The van der Waals surface area contributed by atoms with Gasteiger partial charge < -0.3 is 9.30 Å². The fourth-order valence-electron chi connectivity index (χ4n) is 1.35. The Kier molecular flexibility index (Phi) is 3.06. The molecule has 0 saturated carbocycles. The highest BCUT2D eigenvalue weighted by Crippen LogP contribution is 2.14. The van der Waals surface area contributed by atoms with Crippen LogP contribution in [-0.2, 0) is 6.54 Å². The van der Waals surface area contributed by atoms with Gasteiger partial charge in [-0.1, -0.05) is 12.1 Å². The molecular formula is C11H11BrN2O. The van der Waals surface area contributed by atoms with Crippen molar-refractivity contribution in [3.63, 3.8) is 0 Å². The molecule has 1 heterocycles. The van der Waals surface area contributed by atoms with Crippen LogP contribution in [0.25, 0.3) is 0 Å². The Labute approximate surface area is 96.8 Å². The van der Waals surface area contributed by atoms with Crippen LogP contribution in [0, 0.1) is 0 Å². The van der Waals surface area contributed by atoms with Gasteiger partial charge in [-0.25, -0.2) is 4.98 Å². The van der Waals surface area contributed by atoms with Crippen LogP contribution in [0.5, 0.6) is 5.75 Å². The maximum absolute atomic E-state index is 5.10. The summed E-state index contributed by atoms with van der Waals surface area (Å²) in [7, 11) is 1.67. The van der Waals surface area contributed by atoms with Gasteiger partial charge >= 0.3 is 0 Å². The maximum atomic E-state index is 5.10. The highest BCUT2D eigenvalue weighted by molar-refractivity contribution is 9.10. The van der Waals surface area contributed by atoms with E-state index in [1.165, 1.54) is 5.56 Å². The van der Waals surface area contributed by atoms with E-state index in [4.69, 9.17) is 4.74 Å². The predicted molar refractivity (Wildman–Crippen MR) is 62.0 cm³/mol. The normalized spacial score (nSPS) is 10.3. The summed E-state index contributed by atoms with van der Waals surface area (Å²) in [4.78, 5) is 4.04. The van der Waals surface area contributed by atoms with Gasteiger partial charge in [0.05, 0.1) is 19.6 Å². The summed E-state index contributed by atoms with van der Waals surface area (Å²) >= 11 is 3.43. The fourth-order valence-corrected chi connectivity index (χ4v) is 1.68. The van der Waals surface area contributed by atoms with E-state index in [2.05, 4.69) is 20.9 Å². The van der Waals surface area contributed by atoms with Crippen LogP contribution in [-0.4, -0.2) is 16.7 Å². The number of ether oxygens (including phenoxy) is 1. The number of methoxy groups -OCH3 is 1. The second-order valence-electron chi connectivity index (χ2n) is 3.19. The van der Waals surface area contributed by atoms with E-state index in [9.17, 15) is 0 Å². The third-order valence-electron chi connectivity index (χ3n) is 2.17. The molecule has 1 aromatic carbocycles. The molecule has 15 heavy (non-hydrogen) atoms. The number of nitrogens with zero attached hydrogens (tertiary/aromatic N) is 2. The summed E-state index contributed by atoms with van der Waals surface area (Å²) in [6.45, 7) is 0.810. The third-order valence-corrected chi connectivity index (χ3v) is 2.83. The van der Waals surface area contributed by atoms with Gasteiger partial charge in [0.2, 0.25) is 0 Å². The van der Waals surface area contributed by atoms with Gasteiger partial charge in [-0.15, -0.1) is 0 Å². The molecular weight excluding hydrogens is 256 g/mol. The predicted octanol–water partition coefficient (Wildman–Crippen LogP) is 2.70. The van der Waals surface area contributed by atoms with Gasteiger partial charge in [-0.3, -0.25) is 0 Å². The number of hydrogen-bond acceptors (Lipinski definition) is 2. The van der Waals surface area contributed by atoms with Gasteiger partial charge in [0.15, 0.2) is 0 Å². The lowest BCUT2D eigenvalue weighted by Crippen LogP contribution is -1.97. The third kappa shape index (κ3) is 2.39. The molecule has 0 aliphatic carbocycles. The molecule has 0 N–H and O–H groups in total. The summed E-state index contributed by atoms with van der Waals surface area (Å²) in [5.74, 6) is 0.878. The topological polar surface area (TPSA) is 27.1 Å². The maximum Gasteiger partial charge on any atom is 0.118 e. The lowest BCUT2D eigenvalue weighted by molar-refractivity contribution is 0.414. The molecule has 0 aliphatic rings. The van der Waals surface area contributed by atoms with Crippen LogP contribution in [0.15, 0.2) is 41.4 Å². The Morgan fingerprint density at radius 3 is 2.60 bits per heavy atom. The van der Waals surface area contributed by atoms with Crippen molar-refractivity contribution in [2.24, 2.45) is 0 Å². The van der Waals surface area contributed by atoms with Crippen molar-refractivity contribution in [3.05, 3.63) is 47.0 Å². The monoisotopic (exact) mass is 266 g/mol. The standard InChI is InChI=1S/C11H11BrN2O/c1-15-10-4-2-9(3-5-10)7-14-8-13-6-11(14)12/h2-6,8H,7H2,1H3. The van der Waals surface area contributed by atoms with Gasteiger partial charge in [0.25, 0.3) is 0 Å². The zero-order chi connectivity index (χ0) is 10.7. The molecule has 78 valence electrons. The molecule has 2 rings (SSSR count). The van der Waals surface area contributed by atoms with Gasteiger partial charge in [0.1, 0.15) is 10.4 Å². The molecule has 0 atom stereocenters. The fraction of sp³-hybridized carbons (Fsp3) is 0.182. The minimum absolute atomic E-state index is 0.810. The molecule has 0 aliphatic heterocycles. The second-order valence-corrected chi connectivity index (χ2v) is 4.00. The van der Waals surface area contributed by atoms with E-state index in [-0.39, 0.29) is 0 Å². The Hall–Kier alpha value is -1.29. The Bertz CT molecular complexity index is 436. The van der Waals surface area contributed by atoms with Crippen molar-refractivity contribution in [1.82, 2.24) is 9.55 Å². The van der Waals surface area contributed by atoms with Crippen molar-refractivity contribution in [3.8, 4) is 5.75 Å². The average Bonchev–Trinajstić information content (AvgIpc) is 2.66. The molecule has 1 aromatic heterocycles. The Balaban J connectivity index is 2.14. The first-order valence-electron chi connectivity index (χ1n) is 4.58. The van der Waals surface area contributed by atoms with Crippen molar-refractivity contribution in [2.45, 2.75) is 6.54 Å². The first-order valence-corrected chi connectivity index (χ1v) is 5.37. The van der Waals surface area contributed by atoms with Crippen molar-refractivity contribution in [2.75, 3.05) is 7.11 Å². The lowest BCUT2D eigenvalue weighted by atomic mass is 10.2. The van der Waals surface area contributed by atoms with E-state index in [0.29, 0.717) is 0 Å². The molecule has 3 nitrogen and oxygen atoms in total. The van der Waals surface area contributed by atoms with Crippen molar-refractivity contribution < 1.29 is 4.74 Å². The van der Waals surface area contributed by atoms with Crippen LogP contribution < -0.4 is 4.74 Å². The Morgan fingerprint density at radius 2 is 2.07 bits per heavy atom. The van der Waals surface area contributed by atoms with E-state index in [1.807, 2.05) is 28.8 Å². The molecule has 0 fully saturated rings. The zero-order valence-electron chi connectivity index (χ0n) is 8.35. The van der Waals surface area contributed by atoms with E-state index in [1.54, 1.807) is 19.6 Å². The first kappa shape index (κ1) is 10.2. The summed E-state index contributed by atoms with van der Waals surface area (Å²) in [5, 5.41) is 0. The van der Waals surface area contributed by atoms with Gasteiger partial charge in [-0.2, -0.15) is 0 Å². The number of halogens is 1. The molecule has 0 saturated heterocycles. The summed E-state index contributed by atoms with van der Waals surface area (Å²) in [5.41, 5.74) is 1.22. The minimum Gasteiger partial charge on any atom is -0.497 e. The number of imidazole rings is 1. The zero-order valence-corrected chi connectivity index (χ0v) is 9.94. The van der Waals surface area contributed by atoms with Crippen LogP contribution >= 0.6 is 15.9 Å². The smallest absolute Gasteiger partial charge is 0.118 e. The van der Waals surface area contributed by atoms with Crippen LogP contribution in [0.2, 0.25) is 0 Å². The van der Waals surface area contributed by atoms with Crippen molar-refractivity contribution >= 4 is 15.9 Å². The molecule has 2 aromatic rings. The largest absolute Gasteiger partial charge is 0.497 e. The van der Waals surface area contributed by atoms with Crippen molar-refractivity contribution in [1.29, 1.82) is 0 Å². The lowest BCUT2D eigenvalue weighted by Gasteiger charge is -2.05. The number of aromatic nitrogens is 2. The number of benzene rings is 1. The average molecular weight is 267 g/mol. The highest BCUT2D eigenvalue weighted by atomic mass is 79.9. The number of hydrogen-bond donors (Lipinski definition) is 0. The Morgan fingerprint density at radius 1 is 1.33 bits per heavy atom. The summed E-state index contributed by atoms with van der Waals surface area (Å²) < 4.78 is 8.11. The molecule has 0 bridgehead atoms. The molecule has 0 spiro atoms. The second kappa shape index (κ2) is 4.49. The van der Waals surface area contributed by atoms with Crippen LogP contribution in [0.4, 0.5) is 0 Å². The van der Waals surface area contributed by atoms with Gasteiger partial charge in [-0.05, 0) is 33.6 Å². The van der Waals surface area contributed by atoms with Crippen LogP contribution in [0.3, 0.4) is 0 Å². The molecule has 4 heteroatoms. The SMILES string of the molecule is COc1ccc(Cn2cncc2Br)cc1. The highest BCUT2D eigenvalue weighted by Gasteiger charge is 1.99.